The van der Waals surface area contributed by atoms with Gasteiger partial charge in [0, 0.05) is 30.4 Å². The average molecular weight is 401 g/mol. The van der Waals surface area contributed by atoms with Gasteiger partial charge in [0.15, 0.2) is 0 Å². The van der Waals surface area contributed by atoms with Gasteiger partial charge in [-0.3, -0.25) is 4.90 Å². The Kier molecular flexibility index (Phi) is 5.50. The molecule has 1 aromatic carbocycles. The number of aromatic nitrogens is 2. The number of nitrogens with zero attached hydrogens (tertiary/aromatic N) is 3. The molecule has 0 bridgehead atoms. The molecule has 1 spiro atoms. The van der Waals surface area contributed by atoms with Gasteiger partial charge in [0.1, 0.15) is 17.2 Å². The summed E-state index contributed by atoms with van der Waals surface area (Å²) in [6, 6.07) is 11.1. The number of benzene rings is 1. The second-order valence-electron chi connectivity index (χ2n) is 8.12. The summed E-state index contributed by atoms with van der Waals surface area (Å²) in [7, 11) is 0. The van der Waals surface area contributed by atoms with E-state index in [1.165, 1.54) is 24.6 Å². The molecule has 2 aromatic heterocycles. The molecule has 1 atom stereocenters. The molecular formula is C22H29ClN4O. The highest BCUT2D eigenvalue weighted by Crippen LogP contribution is 2.56. The van der Waals surface area contributed by atoms with Crippen molar-refractivity contribution in [2.45, 2.75) is 51.9 Å². The summed E-state index contributed by atoms with van der Waals surface area (Å²) in [5.41, 5.74) is 1.48. The first-order valence-corrected chi connectivity index (χ1v) is 10.2. The van der Waals surface area contributed by atoms with Gasteiger partial charge in [0.05, 0.1) is 13.1 Å². The fourth-order valence-corrected chi connectivity index (χ4v) is 4.86. The van der Waals surface area contributed by atoms with Gasteiger partial charge in [-0.05, 0) is 56.8 Å². The third-order valence-corrected chi connectivity index (χ3v) is 6.51. The number of para-hydroxylation sites is 1. The van der Waals surface area contributed by atoms with E-state index in [1.54, 1.807) is 0 Å². The molecule has 0 radical (unpaired) electrons. The number of nitrogens with one attached hydrogen (secondary N) is 1. The van der Waals surface area contributed by atoms with Gasteiger partial charge in [-0.1, -0.05) is 18.2 Å². The van der Waals surface area contributed by atoms with Crippen LogP contribution in [0.4, 0.5) is 0 Å². The van der Waals surface area contributed by atoms with E-state index in [-0.39, 0.29) is 12.4 Å². The summed E-state index contributed by atoms with van der Waals surface area (Å²) < 4.78 is 8.40. The first-order valence-electron chi connectivity index (χ1n) is 10.2. The number of furan rings is 1. The molecule has 1 unspecified atom stereocenters. The SMILES string of the molecule is CCn1ccnc1CN(Cc1cc2ccccc2o1)C1CC12CCNCC2.Cl. The van der Waals surface area contributed by atoms with Gasteiger partial charge in [0.25, 0.3) is 0 Å². The van der Waals surface area contributed by atoms with E-state index in [2.05, 4.69) is 57.2 Å². The normalized spacial score (nSPS) is 20.6. The second-order valence-corrected chi connectivity index (χ2v) is 8.12. The van der Waals surface area contributed by atoms with E-state index < -0.39 is 0 Å². The molecule has 1 N–H and O–H groups in total. The van der Waals surface area contributed by atoms with Crippen LogP contribution < -0.4 is 5.32 Å². The van der Waals surface area contributed by atoms with Crippen LogP contribution in [-0.4, -0.2) is 33.6 Å². The topological polar surface area (TPSA) is 46.2 Å². The third kappa shape index (κ3) is 3.59. The highest BCUT2D eigenvalue weighted by molar-refractivity contribution is 5.85. The molecule has 28 heavy (non-hydrogen) atoms. The predicted molar refractivity (Wildman–Crippen MR) is 114 cm³/mol. The van der Waals surface area contributed by atoms with Crippen LogP contribution in [0.25, 0.3) is 11.0 Å². The summed E-state index contributed by atoms with van der Waals surface area (Å²) in [5, 5.41) is 4.71. The quantitative estimate of drug-likeness (QED) is 0.673. The molecule has 2 fully saturated rings. The van der Waals surface area contributed by atoms with Crippen molar-refractivity contribution in [2.75, 3.05) is 13.1 Å². The van der Waals surface area contributed by atoms with E-state index >= 15 is 0 Å². The first kappa shape index (κ1) is 19.5. The molecular weight excluding hydrogens is 372 g/mol. The number of hydrogen-bond acceptors (Lipinski definition) is 4. The van der Waals surface area contributed by atoms with Crippen LogP contribution in [-0.2, 0) is 19.6 Å². The molecule has 6 heteroatoms. The Hall–Kier alpha value is -1.82. The number of hydrogen-bond donors (Lipinski definition) is 1. The van der Waals surface area contributed by atoms with Gasteiger partial charge in [-0.15, -0.1) is 12.4 Å². The Morgan fingerprint density at radius 2 is 2.07 bits per heavy atom. The lowest BCUT2D eigenvalue weighted by Gasteiger charge is -2.29. The fourth-order valence-electron chi connectivity index (χ4n) is 4.86. The number of halogens is 1. The van der Waals surface area contributed by atoms with Crippen LogP contribution in [0, 0.1) is 5.41 Å². The third-order valence-electron chi connectivity index (χ3n) is 6.51. The minimum Gasteiger partial charge on any atom is -0.460 e. The molecule has 5 rings (SSSR count). The molecule has 1 saturated heterocycles. The lowest BCUT2D eigenvalue weighted by Crippen LogP contribution is -2.36. The minimum atomic E-state index is 0. The second kappa shape index (κ2) is 7.90. The lowest BCUT2D eigenvalue weighted by atomic mass is 9.93. The molecule has 1 aliphatic carbocycles. The van der Waals surface area contributed by atoms with Crippen molar-refractivity contribution in [3.8, 4) is 0 Å². The molecule has 0 amide bonds. The van der Waals surface area contributed by atoms with E-state index in [4.69, 9.17) is 4.42 Å². The van der Waals surface area contributed by atoms with Crippen molar-refractivity contribution in [3.63, 3.8) is 0 Å². The van der Waals surface area contributed by atoms with E-state index in [0.717, 1.165) is 49.9 Å². The smallest absolute Gasteiger partial charge is 0.134 e. The Morgan fingerprint density at radius 3 is 2.86 bits per heavy atom. The monoisotopic (exact) mass is 400 g/mol. The molecule has 3 aromatic rings. The summed E-state index contributed by atoms with van der Waals surface area (Å²) in [5.74, 6) is 2.21. The largest absolute Gasteiger partial charge is 0.460 e. The van der Waals surface area contributed by atoms with E-state index in [0.29, 0.717) is 11.5 Å². The van der Waals surface area contributed by atoms with Crippen LogP contribution in [0.2, 0.25) is 0 Å². The molecule has 3 heterocycles. The maximum Gasteiger partial charge on any atom is 0.134 e. The highest BCUT2D eigenvalue weighted by atomic mass is 35.5. The average Bonchev–Trinajstić information content (AvgIpc) is 3.05. The van der Waals surface area contributed by atoms with Crippen LogP contribution in [0.3, 0.4) is 0 Å². The number of rotatable bonds is 6. The van der Waals surface area contributed by atoms with Gasteiger partial charge in [0.2, 0.25) is 0 Å². The predicted octanol–water partition coefficient (Wildman–Crippen LogP) is 4.22. The van der Waals surface area contributed by atoms with Crippen molar-refractivity contribution in [2.24, 2.45) is 5.41 Å². The molecule has 150 valence electrons. The van der Waals surface area contributed by atoms with E-state index in [9.17, 15) is 0 Å². The highest BCUT2D eigenvalue weighted by Gasteiger charge is 2.56. The number of piperidine rings is 1. The number of aryl methyl sites for hydroxylation is 1. The first-order chi connectivity index (χ1) is 13.3. The number of fused-ring (bicyclic) bond motifs is 1. The molecule has 5 nitrogen and oxygen atoms in total. The summed E-state index contributed by atoms with van der Waals surface area (Å²) in [4.78, 5) is 7.24. The van der Waals surface area contributed by atoms with Gasteiger partial charge in [-0.2, -0.15) is 0 Å². The number of imidazole rings is 1. The van der Waals surface area contributed by atoms with E-state index in [1.807, 2.05) is 12.3 Å². The Balaban J connectivity index is 0.00000192. The molecule has 1 saturated carbocycles. The van der Waals surface area contributed by atoms with Crippen LogP contribution in [0.1, 0.15) is 37.8 Å². The van der Waals surface area contributed by atoms with Crippen LogP contribution in [0.15, 0.2) is 47.1 Å². The zero-order chi connectivity index (χ0) is 18.3. The van der Waals surface area contributed by atoms with Crippen molar-refractivity contribution in [3.05, 3.63) is 54.3 Å². The molecule has 2 aliphatic rings. The molecule has 1 aliphatic heterocycles. The maximum absolute atomic E-state index is 6.15. The Morgan fingerprint density at radius 1 is 1.25 bits per heavy atom. The maximum atomic E-state index is 6.15. The Labute approximate surface area is 172 Å². The van der Waals surface area contributed by atoms with Crippen molar-refractivity contribution < 1.29 is 4.42 Å². The zero-order valence-corrected chi connectivity index (χ0v) is 17.3. The lowest BCUT2D eigenvalue weighted by molar-refractivity contribution is 0.172. The zero-order valence-electron chi connectivity index (χ0n) is 16.4. The van der Waals surface area contributed by atoms with Gasteiger partial charge >= 0.3 is 0 Å². The summed E-state index contributed by atoms with van der Waals surface area (Å²) >= 11 is 0. The van der Waals surface area contributed by atoms with Crippen LogP contribution in [0.5, 0.6) is 0 Å². The van der Waals surface area contributed by atoms with Crippen molar-refractivity contribution in [1.82, 2.24) is 19.8 Å². The van der Waals surface area contributed by atoms with Gasteiger partial charge in [-0.25, -0.2) is 4.98 Å². The summed E-state index contributed by atoms with van der Waals surface area (Å²) in [6.07, 6.45) is 7.89. The van der Waals surface area contributed by atoms with Crippen molar-refractivity contribution in [1.29, 1.82) is 0 Å². The standard InChI is InChI=1S/C22H28N4O.ClH/c1-2-25-12-11-24-21(25)16-26(20-14-22(20)7-9-23-10-8-22)15-18-13-17-5-3-4-6-19(17)27-18;/h3-6,11-13,20,23H,2,7-10,14-16H2,1H3;1H. The summed E-state index contributed by atoms with van der Waals surface area (Å²) in [6.45, 7) is 7.19. The Bertz CT molecular complexity index is 894. The van der Waals surface area contributed by atoms with Crippen molar-refractivity contribution >= 4 is 23.4 Å². The van der Waals surface area contributed by atoms with Crippen LogP contribution >= 0.6 is 12.4 Å². The van der Waals surface area contributed by atoms with Gasteiger partial charge < -0.3 is 14.3 Å². The minimum absolute atomic E-state index is 0. The fraction of sp³-hybridized carbons (Fsp3) is 0.500.